The van der Waals surface area contributed by atoms with Crippen LogP contribution >= 0.6 is 22.6 Å². The Balaban J connectivity index is 2.08. The summed E-state index contributed by atoms with van der Waals surface area (Å²) >= 11 is 2.25. The van der Waals surface area contributed by atoms with Crippen molar-refractivity contribution in [1.82, 2.24) is 0 Å². The molecule has 2 unspecified atom stereocenters. The summed E-state index contributed by atoms with van der Waals surface area (Å²) in [5.74, 6) is 0.146. The average molecular weight is 368 g/mol. The van der Waals surface area contributed by atoms with E-state index in [4.69, 9.17) is 0 Å². The number of halogens is 1. The first-order valence-electron chi connectivity index (χ1n) is 6.97. The van der Waals surface area contributed by atoms with Crippen molar-refractivity contribution in [2.75, 3.05) is 0 Å². The molecule has 100 valence electrons. The number of carbonyl (C=O) groups excluding carboxylic acids is 2. The first-order valence-corrected chi connectivity index (χ1v) is 8.05. The quantitative estimate of drug-likeness (QED) is 0.592. The minimum Gasteiger partial charge on any atom is -0.298 e. The summed E-state index contributed by atoms with van der Waals surface area (Å²) in [7, 11) is 0. The van der Waals surface area contributed by atoms with Gasteiger partial charge in [-0.05, 0) is 71.5 Å². The highest BCUT2D eigenvalue weighted by molar-refractivity contribution is 14.1. The van der Waals surface area contributed by atoms with Gasteiger partial charge >= 0.3 is 0 Å². The molecule has 0 heterocycles. The van der Waals surface area contributed by atoms with Crippen molar-refractivity contribution in [3.8, 4) is 0 Å². The molecule has 19 heavy (non-hydrogen) atoms. The Morgan fingerprint density at radius 1 is 1.16 bits per heavy atom. The summed E-state index contributed by atoms with van der Waals surface area (Å²) in [5.41, 5.74) is 2.12. The highest BCUT2D eigenvalue weighted by Gasteiger charge is 2.47. The predicted octanol–water partition coefficient (Wildman–Crippen LogP) is 3.51. The normalized spacial score (nSPS) is 29.9. The van der Waals surface area contributed by atoms with E-state index >= 15 is 0 Å². The summed E-state index contributed by atoms with van der Waals surface area (Å²) < 4.78 is 1.10. The van der Waals surface area contributed by atoms with Crippen molar-refractivity contribution < 1.29 is 9.59 Å². The fraction of sp³-hybridized carbons (Fsp3) is 0.500. The predicted molar refractivity (Wildman–Crippen MR) is 82.1 cm³/mol. The van der Waals surface area contributed by atoms with Gasteiger partial charge in [-0.1, -0.05) is 13.0 Å². The van der Waals surface area contributed by atoms with Gasteiger partial charge in [-0.15, -0.1) is 0 Å². The van der Waals surface area contributed by atoms with Crippen LogP contribution < -0.4 is 0 Å². The van der Waals surface area contributed by atoms with E-state index in [1.54, 1.807) is 0 Å². The molecule has 2 aliphatic carbocycles. The van der Waals surface area contributed by atoms with Crippen LogP contribution in [0.3, 0.4) is 0 Å². The monoisotopic (exact) mass is 368 g/mol. The largest absolute Gasteiger partial charge is 0.298 e. The van der Waals surface area contributed by atoms with E-state index in [9.17, 15) is 9.59 Å². The molecule has 0 aliphatic heterocycles. The second-order valence-electron chi connectivity index (χ2n) is 5.64. The van der Waals surface area contributed by atoms with Crippen molar-refractivity contribution in [3.05, 3.63) is 32.9 Å². The van der Waals surface area contributed by atoms with Gasteiger partial charge in [-0.3, -0.25) is 9.59 Å². The minimum absolute atomic E-state index is 0.135. The highest BCUT2D eigenvalue weighted by atomic mass is 127. The first kappa shape index (κ1) is 13.3. The second kappa shape index (κ2) is 5.00. The van der Waals surface area contributed by atoms with Crippen molar-refractivity contribution in [2.45, 2.75) is 38.5 Å². The molecule has 2 atom stereocenters. The van der Waals surface area contributed by atoms with Crippen molar-refractivity contribution in [1.29, 1.82) is 0 Å². The van der Waals surface area contributed by atoms with Crippen LogP contribution in [0.5, 0.6) is 0 Å². The van der Waals surface area contributed by atoms with Gasteiger partial charge in [-0.2, -0.15) is 0 Å². The lowest BCUT2D eigenvalue weighted by molar-refractivity contribution is -0.135. The third-order valence-corrected chi connectivity index (χ3v) is 5.28. The third-order valence-electron chi connectivity index (χ3n) is 4.61. The van der Waals surface area contributed by atoms with Gasteiger partial charge in [0.1, 0.15) is 5.92 Å². The molecule has 1 aromatic rings. The zero-order valence-electron chi connectivity index (χ0n) is 11.0. The van der Waals surface area contributed by atoms with E-state index in [0.717, 1.165) is 40.4 Å². The van der Waals surface area contributed by atoms with Gasteiger partial charge in [0.05, 0.1) is 0 Å². The Kier molecular flexibility index (Phi) is 3.50. The van der Waals surface area contributed by atoms with Crippen LogP contribution in [-0.2, 0) is 16.0 Å². The number of hydrogen-bond donors (Lipinski definition) is 0. The molecule has 0 aromatic heterocycles. The molecule has 2 fully saturated rings. The Morgan fingerprint density at radius 2 is 1.79 bits per heavy atom. The molecule has 2 aliphatic rings. The Morgan fingerprint density at radius 3 is 2.37 bits per heavy atom. The maximum atomic E-state index is 12.6. The molecule has 0 spiro atoms. The van der Waals surface area contributed by atoms with Gasteiger partial charge < -0.3 is 0 Å². The second-order valence-corrected chi connectivity index (χ2v) is 6.89. The van der Waals surface area contributed by atoms with Crippen molar-refractivity contribution >= 4 is 34.2 Å². The zero-order valence-corrected chi connectivity index (χ0v) is 13.1. The molecular weight excluding hydrogens is 351 g/mol. The number of ketones is 2. The van der Waals surface area contributed by atoms with Crippen LogP contribution in [-0.4, -0.2) is 11.6 Å². The number of rotatable bonds is 2. The van der Waals surface area contributed by atoms with Crippen molar-refractivity contribution in [2.24, 2.45) is 11.8 Å². The van der Waals surface area contributed by atoms with E-state index in [2.05, 4.69) is 41.6 Å². The topological polar surface area (TPSA) is 34.1 Å². The summed E-state index contributed by atoms with van der Waals surface area (Å²) in [5, 5.41) is 0. The Hall–Kier alpha value is -0.710. The molecule has 0 N–H and O–H groups in total. The number of Topliss-reactive ketones (excluding diaryl/α,β-unsaturated/α-hetero) is 2. The maximum absolute atomic E-state index is 12.6. The van der Waals surface area contributed by atoms with Gasteiger partial charge in [0.15, 0.2) is 11.6 Å². The summed E-state index contributed by atoms with van der Waals surface area (Å²) in [4.78, 5) is 25.1. The number of benzene rings is 1. The molecule has 3 rings (SSSR count). The molecule has 0 amide bonds. The maximum Gasteiger partial charge on any atom is 0.150 e. The molecule has 3 heteroatoms. The first-order chi connectivity index (χ1) is 9.11. The van der Waals surface area contributed by atoms with Crippen LogP contribution in [0.25, 0.3) is 0 Å². The fourth-order valence-electron chi connectivity index (χ4n) is 3.57. The van der Waals surface area contributed by atoms with Gasteiger partial charge in [0.25, 0.3) is 0 Å². The van der Waals surface area contributed by atoms with E-state index in [-0.39, 0.29) is 23.4 Å². The van der Waals surface area contributed by atoms with Gasteiger partial charge in [0.2, 0.25) is 0 Å². The molecular formula is C16H17IO2. The van der Waals surface area contributed by atoms with Crippen molar-refractivity contribution in [3.63, 3.8) is 0 Å². The lowest BCUT2D eigenvalue weighted by Crippen LogP contribution is -2.35. The summed E-state index contributed by atoms with van der Waals surface area (Å²) in [6.45, 7) is 2.08. The summed E-state index contributed by atoms with van der Waals surface area (Å²) in [6, 6.07) is 6.15. The van der Waals surface area contributed by atoms with Crippen LogP contribution in [0, 0.1) is 15.4 Å². The Labute approximate surface area is 127 Å². The highest BCUT2D eigenvalue weighted by Crippen LogP contribution is 2.44. The van der Waals surface area contributed by atoms with E-state index in [1.165, 1.54) is 0 Å². The van der Waals surface area contributed by atoms with Gasteiger partial charge in [-0.25, -0.2) is 0 Å². The lowest BCUT2D eigenvalue weighted by atomic mass is 9.74. The number of aryl methyl sites for hydroxylation is 1. The summed E-state index contributed by atoms with van der Waals surface area (Å²) in [6.07, 6.45) is 3.51. The van der Waals surface area contributed by atoms with Crippen LogP contribution in [0.4, 0.5) is 0 Å². The standard InChI is InChI=1S/C16H17IO2/c1-2-9-5-6-12(17)8-13(9)14-15(18)10-3-4-11(7-10)16(14)19/h5-6,8,10-11,14H,2-4,7H2,1H3. The van der Waals surface area contributed by atoms with Gasteiger partial charge in [0, 0.05) is 15.4 Å². The SMILES string of the molecule is CCc1ccc(I)cc1C1C(=O)C2CCC(C2)C1=O. The smallest absolute Gasteiger partial charge is 0.150 e. The molecule has 1 aromatic carbocycles. The van der Waals surface area contributed by atoms with E-state index < -0.39 is 5.92 Å². The molecule has 2 nitrogen and oxygen atoms in total. The zero-order chi connectivity index (χ0) is 13.6. The van der Waals surface area contributed by atoms with Crippen LogP contribution in [0.1, 0.15) is 43.2 Å². The number of fused-ring (bicyclic) bond motifs is 2. The molecule has 0 radical (unpaired) electrons. The minimum atomic E-state index is -0.476. The molecule has 2 saturated carbocycles. The fourth-order valence-corrected chi connectivity index (χ4v) is 4.09. The molecule has 2 bridgehead atoms. The van der Waals surface area contributed by atoms with E-state index in [1.807, 2.05) is 6.07 Å². The molecule has 0 saturated heterocycles. The average Bonchev–Trinajstić information content (AvgIpc) is 2.84. The number of hydrogen-bond acceptors (Lipinski definition) is 2. The van der Waals surface area contributed by atoms with Crippen LogP contribution in [0.2, 0.25) is 0 Å². The van der Waals surface area contributed by atoms with Crippen LogP contribution in [0.15, 0.2) is 18.2 Å². The number of carbonyl (C=O) groups is 2. The third kappa shape index (κ3) is 2.16. The Bertz CT molecular complexity index is 528. The van der Waals surface area contributed by atoms with E-state index in [0.29, 0.717) is 0 Å². The lowest BCUT2D eigenvalue weighted by Gasteiger charge is -2.27.